The van der Waals surface area contributed by atoms with Gasteiger partial charge in [0.25, 0.3) is 0 Å². The molecule has 3 N–H and O–H groups in total. The Morgan fingerprint density at radius 2 is 1.91 bits per heavy atom. The van der Waals surface area contributed by atoms with Gasteiger partial charge in [0.05, 0.1) is 17.3 Å². The van der Waals surface area contributed by atoms with Gasteiger partial charge in [-0.05, 0) is 43.9 Å². The second-order valence-electron chi connectivity index (χ2n) is 6.46. The van der Waals surface area contributed by atoms with Crippen LogP contribution in [0.3, 0.4) is 0 Å². The SMILES string of the molecule is CCCCC/C=C/c1c(C[C@@H](O)C(C)(C)O)ccc(O)c1C=O. The largest absolute Gasteiger partial charge is 0.507 e. The molecule has 0 spiro atoms. The van der Waals surface area contributed by atoms with Gasteiger partial charge in [-0.15, -0.1) is 0 Å². The number of rotatable bonds is 9. The zero-order valence-electron chi connectivity index (χ0n) is 14.2. The quantitative estimate of drug-likeness (QED) is 0.481. The van der Waals surface area contributed by atoms with E-state index in [0.717, 1.165) is 31.2 Å². The first-order chi connectivity index (χ1) is 10.8. The summed E-state index contributed by atoms with van der Waals surface area (Å²) in [5.74, 6) is -0.0743. The molecule has 23 heavy (non-hydrogen) atoms. The van der Waals surface area contributed by atoms with Crippen LogP contribution in [0.1, 0.15) is 67.9 Å². The van der Waals surface area contributed by atoms with Crippen LogP contribution in [0.4, 0.5) is 0 Å². The van der Waals surface area contributed by atoms with Crippen molar-refractivity contribution >= 4 is 12.4 Å². The van der Waals surface area contributed by atoms with E-state index in [-0.39, 0.29) is 17.7 Å². The number of phenols is 1. The van der Waals surface area contributed by atoms with Gasteiger partial charge in [0.2, 0.25) is 0 Å². The lowest BCUT2D eigenvalue weighted by molar-refractivity contribution is -0.0469. The average molecular weight is 320 g/mol. The van der Waals surface area contributed by atoms with Gasteiger partial charge in [-0.1, -0.05) is 38.0 Å². The molecule has 0 saturated carbocycles. The van der Waals surface area contributed by atoms with Gasteiger partial charge in [-0.2, -0.15) is 0 Å². The van der Waals surface area contributed by atoms with Crippen molar-refractivity contribution in [2.45, 2.75) is 64.6 Å². The maximum atomic E-state index is 11.3. The third-order valence-corrected chi connectivity index (χ3v) is 3.96. The highest BCUT2D eigenvalue weighted by molar-refractivity contribution is 5.86. The monoisotopic (exact) mass is 320 g/mol. The minimum Gasteiger partial charge on any atom is -0.507 e. The number of hydrogen-bond donors (Lipinski definition) is 3. The summed E-state index contributed by atoms with van der Waals surface area (Å²) in [6.45, 7) is 5.22. The summed E-state index contributed by atoms with van der Waals surface area (Å²) in [4.78, 5) is 11.3. The standard InChI is InChI=1S/C19H28O4/c1-4-5-6-7-8-9-15-14(12-18(22)19(2,3)23)10-11-17(21)16(15)13-20/h8-11,13,18,21-23H,4-7,12H2,1-3H3/b9-8+/t18-/m1/s1. The van der Waals surface area contributed by atoms with Gasteiger partial charge >= 0.3 is 0 Å². The molecule has 1 aromatic carbocycles. The summed E-state index contributed by atoms with van der Waals surface area (Å²) >= 11 is 0. The Bertz CT molecular complexity index is 541. The predicted molar refractivity (Wildman–Crippen MR) is 92.7 cm³/mol. The van der Waals surface area contributed by atoms with E-state index in [1.54, 1.807) is 19.9 Å². The van der Waals surface area contributed by atoms with Crippen LogP contribution in [-0.2, 0) is 6.42 Å². The molecule has 0 aliphatic rings. The molecule has 0 unspecified atom stereocenters. The first-order valence-corrected chi connectivity index (χ1v) is 8.18. The predicted octanol–water partition coefficient (Wildman–Crippen LogP) is 3.47. The van der Waals surface area contributed by atoms with E-state index >= 15 is 0 Å². The number of carbonyl (C=O) groups is 1. The molecular formula is C19H28O4. The van der Waals surface area contributed by atoms with Crippen LogP contribution in [0.2, 0.25) is 0 Å². The number of benzene rings is 1. The summed E-state index contributed by atoms with van der Waals surface area (Å²) in [5, 5.41) is 29.9. The molecule has 0 heterocycles. The van der Waals surface area contributed by atoms with Crippen molar-refractivity contribution in [1.29, 1.82) is 0 Å². The number of aliphatic hydroxyl groups excluding tert-OH is 1. The highest BCUT2D eigenvalue weighted by atomic mass is 16.3. The molecule has 4 nitrogen and oxygen atoms in total. The smallest absolute Gasteiger partial charge is 0.154 e. The third-order valence-electron chi connectivity index (χ3n) is 3.96. The minimum atomic E-state index is -1.23. The molecule has 0 radical (unpaired) electrons. The van der Waals surface area contributed by atoms with Crippen molar-refractivity contribution < 1.29 is 20.1 Å². The summed E-state index contributed by atoms with van der Waals surface area (Å²) in [7, 11) is 0. The fraction of sp³-hybridized carbons (Fsp3) is 0.526. The third kappa shape index (κ3) is 5.81. The first kappa shape index (κ1) is 19.4. The van der Waals surface area contributed by atoms with Crippen LogP contribution < -0.4 is 0 Å². The van der Waals surface area contributed by atoms with E-state index in [9.17, 15) is 20.1 Å². The van der Waals surface area contributed by atoms with Gasteiger partial charge in [0.15, 0.2) is 6.29 Å². The highest BCUT2D eigenvalue weighted by Crippen LogP contribution is 2.27. The molecule has 1 atom stereocenters. The zero-order valence-corrected chi connectivity index (χ0v) is 14.2. The summed E-state index contributed by atoms with van der Waals surface area (Å²) < 4.78 is 0. The number of hydrogen-bond acceptors (Lipinski definition) is 4. The van der Waals surface area contributed by atoms with Crippen LogP contribution in [0, 0.1) is 0 Å². The second-order valence-corrected chi connectivity index (χ2v) is 6.46. The molecule has 0 fully saturated rings. The fourth-order valence-corrected chi connectivity index (χ4v) is 2.34. The number of allylic oxidation sites excluding steroid dienone is 1. The number of unbranched alkanes of at least 4 members (excludes halogenated alkanes) is 3. The number of aromatic hydroxyl groups is 1. The molecule has 0 aliphatic heterocycles. The molecule has 0 saturated heterocycles. The van der Waals surface area contributed by atoms with Crippen LogP contribution in [-0.4, -0.2) is 33.3 Å². The second kappa shape index (κ2) is 8.85. The van der Waals surface area contributed by atoms with E-state index in [1.165, 1.54) is 6.07 Å². The number of phenolic OH excluding ortho intramolecular Hbond substituents is 1. The van der Waals surface area contributed by atoms with Gasteiger partial charge in [-0.25, -0.2) is 0 Å². The lowest BCUT2D eigenvalue weighted by Gasteiger charge is -2.25. The molecular weight excluding hydrogens is 292 g/mol. The Morgan fingerprint density at radius 1 is 1.22 bits per heavy atom. The van der Waals surface area contributed by atoms with Crippen molar-refractivity contribution in [3.8, 4) is 5.75 Å². The highest BCUT2D eigenvalue weighted by Gasteiger charge is 2.25. The summed E-state index contributed by atoms with van der Waals surface area (Å²) in [5.41, 5.74) is 0.324. The van der Waals surface area contributed by atoms with Crippen LogP contribution in [0.5, 0.6) is 5.75 Å². The normalized spacial score (nSPS) is 13.4. The maximum absolute atomic E-state index is 11.3. The molecule has 1 aromatic rings. The molecule has 128 valence electrons. The van der Waals surface area contributed by atoms with E-state index in [2.05, 4.69) is 6.92 Å². The van der Waals surface area contributed by atoms with Gasteiger partial charge < -0.3 is 15.3 Å². The lowest BCUT2D eigenvalue weighted by Crippen LogP contribution is -2.37. The van der Waals surface area contributed by atoms with Gasteiger partial charge in [0, 0.05) is 6.42 Å². The zero-order chi connectivity index (χ0) is 17.5. The maximum Gasteiger partial charge on any atom is 0.154 e. The van der Waals surface area contributed by atoms with Crippen molar-refractivity contribution in [3.05, 3.63) is 34.9 Å². The van der Waals surface area contributed by atoms with Crippen molar-refractivity contribution in [1.82, 2.24) is 0 Å². The Hall–Kier alpha value is -1.65. The number of carbonyl (C=O) groups excluding carboxylic acids is 1. The van der Waals surface area contributed by atoms with E-state index in [1.807, 2.05) is 12.2 Å². The Balaban J connectivity index is 3.07. The van der Waals surface area contributed by atoms with E-state index in [4.69, 9.17) is 0 Å². The molecule has 1 rings (SSSR count). The fourth-order valence-electron chi connectivity index (χ4n) is 2.34. The number of aliphatic hydroxyl groups is 2. The Labute approximate surface area is 138 Å². The molecule has 0 aromatic heterocycles. The molecule has 0 amide bonds. The number of aldehydes is 1. The lowest BCUT2D eigenvalue weighted by atomic mass is 9.90. The van der Waals surface area contributed by atoms with Crippen LogP contribution in [0.15, 0.2) is 18.2 Å². The van der Waals surface area contributed by atoms with Crippen molar-refractivity contribution in [3.63, 3.8) is 0 Å². The van der Waals surface area contributed by atoms with Crippen LogP contribution >= 0.6 is 0 Å². The summed E-state index contributed by atoms with van der Waals surface area (Å²) in [6.07, 6.45) is 7.94. The van der Waals surface area contributed by atoms with E-state index in [0.29, 0.717) is 11.8 Å². The van der Waals surface area contributed by atoms with E-state index < -0.39 is 11.7 Å². The van der Waals surface area contributed by atoms with Gasteiger partial charge in [0.1, 0.15) is 5.75 Å². The molecule has 0 bridgehead atoms. The van der Waals surface area contributed by atoms with Crippen molar-refractivity contribution in [2.24, 2.45) is 0 Å². The summed E-state index contributed by atoms with van der Waals surface area (Å²) in [6, 6.07) is 3.13. The van der Waals surface area contributed by atoms with Crippen LogP contribution in [0.25, 0.3) is 6.08 Å². The Morgan fingerprint density at radius 3 is 2.48 bits per heavy atom. The van der Waals surface area contributed by atoms with Crippen molar-refractivity contribution in [2.75, 3.05) is 0 Å². The molecule has 4 heteroatoms. The molecule has 0 aliphatic carbocycles. The Kier molecular flexibility index (Phi) is 7.46. The first-order valence-electron chi connectivity index (χ1n) is 8.18. The average Bonchev–Trinajstić information content (AvgIpc) is 2.48. The topological polar surface area (TPSA) is 77.8 Å². The van der Waals surface area contributed by atoms with Gasteiger partial charge in [-0.3, -0.25) is 4.79 Å². The minimum absolute atomic E-state index is 0.0743.